The number of nitrogens with zero attached hydrogens (tertiary/aromatic N) is 2. The van der Waals surface area contributed by atoms with E-state index in [1.807, 2.05) is 54.6 Å². The van der Waals surface area contributed by atoms with Crippen molar-refractivity contribution >= 4 is 5.91 Å². The molecule has 3 aromatic rings. The van der Waals surface area contributed by atoms with Gasteiger partial charge in [-0.3, -0.25) is 9.89 Å². The number of hydrogen-bond donors (Lipinski definition) is 2. The molecule has 1 fully saturated rings. The third-order valence-electron chi connectivity index (χ3n) is 5.16. The van der Waals surface area contributed by atoms with Gasteiger partial charge < -0.3 is 19.5 Å². The Morgan fingerprint density at radius 3 is 2.86 bits per heavy atom. The molecule has 7 heteroatoms. The number of aromatic nitrogens is 2. The second-order valence-corrected chi connectivity index (χ2v) is 6.84. The molecule has 29 heavy (non-hydrogen) atoms. The van der Waals surface area contributed by atoms with Gasteiger partial charge in [-0.25, -0.2) is 0 Å². The van der Waals surface area contributed by atoms with Crippen LogP contribution >= 0.6 is 0 Å². The first-order valence-corrected chi connectivity index (χ1v) is 9.49. The summed E-state index contributed by atoms with van der Waals surface area (Å²) in [6.07, 6.45) is 1.06. The minimum atomic E-state index is -0.484. The highest BCUT2D eigenvalue weighted by Gasteiger charge is 2.37. The van der Waals surface area contributed by atoms with Crippen LogP contribution < -0.4 is 4.74 Å². The number of benzene rings is 2. The molecule has 7 nitrogen and oxygen atoms in total. The molecule has 0 unspecified atom stereocenters. The number of aliphatic hydroxyl groups is 1. The van der Waals surface area contributed by atoms with Crippen LogP contribution in [0.4, 0.5) is 0 Å². The molecule has 0 saturated carbocycles. The average molecular weight is 393 g/mol. The highest BCUT2D eigenvalue weighted by atomic mass is 16.5. The monoisotopic (exact) mass is 393 g/mol. The van der Waals surface area contributed by atoms with Crippen molar-refractivity contribution in [2.45, 2.75) is 12.1 Å². The molecule has 4 rings (SSSR count). The van der Waals surface area contributed by atoms with Gasteiger partial charge in [-0.2, -0.15) is 5.10 Å². The third-order valence-corrected chi connectivity index (χ3v) is 5.16. The number of aliphatic hydroxyl groups excluding tert-OH is 1. The number of amides is 1. The van der Waals surface area contributed by atoms with Gasteiger partial charge in [0.1, 0.15) is 11.9 Å². The van der Waals surface area contributed by atoms with Crippen molar-refractivity contribution < 1.29 is 19.4 Å². The quantitative estimate of drug-likeness (QED) is 0.696. The zero-order valence-corrected chi connectivity index (χ0v) is 16.1. The van der Waals surface area contributed by atoms with Crippen LogP contribution in [0.1, 0.15) is 22.0 Å². The van der Waals surface area contributed by atoms with E-state index in [-0.39, 0.29) is 18.6 Å². The summed E-state index contributed by atoms with van der Waals surface area (Å²) in [7, 11) is 1.60. The number of hydrogen-bond acceptors (Lipinski definition) is 5. The summed E-state index contributed by atoms with van der Waals surface area (Å²) in [5.41, 5.74) is 2.84. The van der Waals surface area contributed by atoms with Gasteiger partial charge in [-0.1, -0.05) is 42.5 Å². The SMILES string of the molecule is COc1cccc(-c2[nH]ncc2C(=O)N2CCO[C@@H](CO)[C@@H]2c2ccccc2)c1. The molecule has 2 atom stereocenters. The van der Waals surface area contributed by atoms with E-state index >= 15 is 0 Å². The van der Waals surface area contributed by atoms with E-state index in [9.17, 15) is 9.90 Å². The zero-order valence-electron chi connectivity index (χ0n) is 16.1. The smallest absolute Gasteiger partial charge is 0.258 e. The van der Waals surface area contributed by atoms with Crippen molar-refractivity contribution in [1.29, 1.82) is 0 Å². The molecule has 1 aliphatic heterocycles. The topological polar surface area (TPSA) is 87.7 Å². The van der Waals surface area contributed by atoms with Crippen molar-refractivity contribution in [2.75, 3.05) is 26.9 Å². The van der Waals surface area contributed by atoms with Gasteiger partial charge in [-0.05, 0) is 17.7 Å². The van der Waals surface area contributed by atoms with E-state index in [4.69, 9.17) is 9.47 Å². The fraction of sp³-hybridized carbons (Fsp3) is 0.273. The molecule has 0 bridgehead atoms. The van der Waals surface area contributed by atoms with Gasteiger partial charge in [0.15, 0.2) is 0 Å². The second-order valence-electron chi connectivity index (χ2n) is 6.84. The number of ether oxygens (including phenoxy) is 2. The fourth-order valence-electron chi connectivity index (χ4n) is 3.76. The Hall–Kier alpha value is -3.16. The maximum absolute atomic E-state index is 13.6. The van der Waals surface area contributed by atoms with E-state index in [0.717, 1.165) is 11.1 Å². The molecule has 2 aromatic carbocycles. The predicted molar refractivity (Wildman–Crippen MR) is 108 cm³/mol. The second kappa shape index (κ2) is 8.46. The van der Waals surface area contributed by atoms with Crippen LogP contribution in [-0.4, -0.2) is 59.1 Å². The summed E-state index contributed by atoms with van der Waals surface area (Å²) in [6, 6.07) is 16.7. The molecule has 2 N–H and O–H groups in total. The maximum Gasteiger partial charge on any atom is 0.258 e. The average Bonchev–Trinajstić information content (AvgIpc) is 3.28. The first-order chi connectivity index (χ1) is 14.2. The molecule has 1 saturated heterocycles. The predicted octanol–water partition coefficient (Wildman–Crippen LogP) is 2.66. The van der Waals surface area contributed by atoms with Gasteiger partial charge in [0.2, 0.25) is 0 Å². The highest BCUT2D eigenvalue weighted by Crippen LogP contribution is 2.33. The number of nitrogens with one attached hydrogen (secondary N) is 1. The summed E-state index contributed by atoms with van der Waals surface area (Å²) < 4.78 is 11.1. The van der Waals surface area contributed by atoms with Crippen LogP contribution in [0.5, 0.6) is 5.75 Å². The Labute approximate surface area is 168 Å². The number of carbonyl (C=O) groups excluding carboxylic acids is 1. The largest absolute Gasteiger partial charge is 0.497 e. The summed E-state index contributed by atoms with van der Waals surface area (Å²) in [6.45, 7) is 0.627. The van der Waals surface area contributed by atoms with Crippen molar-refractivity contribution in [1.82, 2.24) is 15.1 Å². The molecular formula is C22H23N3O4. The molecular weight excluding hydrogens is 370 g/mol. The van der Waals surface area contributed by atoms with Gasteiger partial charge in [0.05, 0.1) is 43.8 Å². The standard InChI is InChI=1S/C22H23N3O4/c1-28-17-9-5-8-16(12-17)20-18(13-23-24-20)22(27)25-10-11-29-19(14-26)21(25)15-6-3-2-4-7-15/h2-9,12-13,19,21,26H,10-11,14H2,1H3,(H,23,24)/t19-,21-/m0/s1. The lowest BCUT2D eigenvalue weighted by atomic mass is 9.97. The van der Waals surface area contributed by atoms with Crippen LogP contribution in [0.3, 0.4) is 0 Å². The molecule has 1 aromatic heterocycles. The number of H-pyrrole nitrogens is 1. The minimum Gasteiger partial charge on any atom is -0.497 e. The zero-order chi connectivity index (χ0) is 20.2. The number of aromatic amines is 1. The van der Waals surface area contributed by atoms with Gasteiger partial charge in [0.25, 0.3) is 5.91 Å². The maximum atomic E-state index is 13.6. The van der Waals surface area contributed by atoms with Crippen LogP contribution in [0, 0.1) is 0 Å². The van der Waals surface area contributed by atoms with Crippen LogP contribution in [0.15, 0.2) is 60.8 Å². The van der Waals surface area contributed by atoms with Crippen molar-refractivity contribution in [2.24, 2.45) is 0 Å². The number of methoxy groups -OCH3 is 1. The minimum absolute atomic E-state index is 0.160. The molecule has 0 aliphatic carbocycles. The van der Waals surface area contributed by atoms with E-state index in [1.54, 1.807) is 18.2 Å². The van der Waals surface area contributed by atoms with E-state index in [1.165, 1.54) is 0 Å². The Morgan fingerprint density at radius 1 is 1.28 bits per heavy atom. The van der Waals surface area contributed by atoms with Gasteiger partial charge in [0, 0.05) is 12.1 Å². The summed E-state index contributed by atoms with van der Waals surface area (Å²) in [5.74, 6) is 0.538. The first-order valence-electron chi connectivity index (χ1n) is 9.49. The molecule has 1 amide bonds. The lowest BCUT2D eigenvalue weighted by molar-refractivity contribution is -0.0811. The Balaban J connectivity index is 1.71. The normalized spacial score (nSPS) is 19.2. The van der Waals surface area contributed by atoms with E-state index in [0.29, 0.717) is 30.2 Å². The van der Waals surface area contributed by atoms with Crippen LogP contribution in [-0.2, 0) is 4.74 Å². The summed E-state index contributed by atoms with van der Waals surface area (Å²) >= 11 is 0. The highest BCUT2D eigenvalue weighted by molar-refractivity contribution is 6.00. The first kappa shape index (κ1) is 19.2. The summed E-state index contributed by atoms with van der Waals surface area (Å²) in [5, 5.41) is 16.9. The van der Waals surface area contributed by atoms with Crippen molar-refractivity contribution in [3.05, 3.63) is 71.9 Å². The van der Waals surface area contributed by atoms with Crippen LogP contribution in [0.2, 0.25) is 0 Å². The fourth-order valence-corrected chi connectivity index (χ4v) is 3.76. The van der Waals surface area contributed by atoms with Crippen molar-refractivity contribution in [3.63, 3.8) is 0 Å². The Kier molecular flexibility index (Phi) is 5.59. The van der Waals surface area contributed by atoms with Crippen molar-refractivity contribution in [3.8, 4) is 17.0 Å². The van der Waals surface area contributed by atoms with E-state index < -0.39 is 6.10 Å². The number of rotatable bonds is 5. The Morgan fingerprint density at radius 2 is 2.10 bits per heavy atom. The van der Waals surface area contributed by atoms with E-state index in [2.05, 4.69) is 10.2 Å². The number of morpholine rings is 1. The molecule has 0 spiro atoms. The molecule has 0 radical (unpaired) electrons. The van der Waals surface area contributed by atoms with Gasteiger partial charge >= 0.3 is 0 Å². The molecule has 150 valence electrons. The lowest BCUT2D eigenvalue weighted by Crippen LogP contribution is -2.49. The third kappa shape index (κ3) is 3.74. The van der Waals surface area contributed by atoms with Gasteiger partial charge in [-0.15, -0.1) is 0 Å². The Bertz CT molecular complexity index is 973. The van der Waals surface area contributed by atoms with Crippen LogP contribution in [0.25, 0.3) is 11.3 Å². The summed E-state index contributed by atoms with van der Waals surface area (Å²) in [4.78, 5) is 15.3. The molecule has 2 heterocycles. The number of carbonyl (C=O) groups is 1. The molecule has 1 aliphatic rings. The lowest BCUT2D eigenvalue weighted by Gasteiger charge is -2.40.